The van der Waals surface area contributed by atoms with E-state index in [0.717, 1.165) is 51.4 Å². The standard InChI is InChI=1S/C33H48O5/c1-6-11-28-19-31(36-23-26-13-8-7-9-14-26)21-32(37-28)20-30(35-5)22-33-25(4)16-17-29(38-33)18-27(34)15-10-12-24(2)3/h6-9,13-14,24-25,28-33H,1,11-12,16-23H2,2-5H3/t25-,28-,29-,30-,31+,32+,33+/m0/s1. The van der Waals surface area contributed by atoms with Gasteiger partial charge in [0.1, 0.15) is 0 Å². The summed E-state index contributed by atoms with van der Waals surface area (Å²) >= 11 is 0. The smallest absolute Gasteiger partial charge is 0.208 e. The van der Waals surface area contributed by atoms with E-state index in [9.17, 15) is 4.79 Å². The third kappa shape index (κ3) is 10.7. The summed E-state index contributed by atoms with van der Waals surface area (Å²) in [7, 11) is 1.77. The Morgan fingerprint density at radius 1 is 1.11 bits per heavy atom. The van der Waals surface area contributed by atoms with E-state index in [-0.39, 0.29) is 42.4 Å². The van der Waals surface area contributed by atoms with E-state index in [4.69, 9.17) is 18.9 Å². The lowest BCUT2D eigenvalue weighted by atomic mass is 9.87. The lowest BCUT2D eigenvalue weighted by Gasteiger charge is -2.39. The van der Waals surface area contributed by atoms with Gasteiger partial charge >= 0.3 is 0 Å². The highest BCUT2D eigenvalue weighted by atomic mass is 16.5. The SMILES string of the molecule is C=CC[C@H]1C[C@@H](OCc2ccccc2)C[C@@H](C[C@@H](C[C@H]2O[C@H](CC(=O)C#CCC(C)C)CC[C@@H]2C)OC)O1. The van der Waals surface area contributed by atoms with Gasteiger partial charge in [-0.2, -0.15) is 0 Å². The molecule has 3 rings (SSSR count). The summed E-state index contributed by atoms with van der Waals surface area (Å²) in [5.74, 6) is 6.70. The number of Topliss-reactive ketones (excluding diaryl/α,β-unsaturated/α-hetero) is 1. The van der Waals surface area contributed by atoms with Crippen LogP contribution in [0.25, 0.3) is 0 Å². The van der Waals surface area contributed by atoms with Crippen molar-refractivity contribution in [3.8, 4) is 11.8 Å². The van der Waals surface area contributed by atoms with Crippen molar-refractivity contribution < 1.29 is 23.7 Å². The lowest BCUT2D eigenvalue weighted by molar-refractivity contribution is -0.140. The van der Waals surface area contributed by atoms with Gasteiger partial charge in [-0.15, -0.1) is 6.58 Å². The molecule has 2 aliphatic heterocycles. The third-order valence-corrected chi connectivity index (χ3v) is 7.65. The molecule has 2 heterocycles. The Morgan fingerprint density at radius 2 is 1.87 bits per heavy atom. The first-order valence-corrected chi connectivity index (χ1v) is 14.5. The zero-order valence-corrected chi connectivity index (χ0v) is 23.9. The van der Waals surface area contributed by atoms with Crippen LogP contribution in [0.5, 0.6) is 0 Å². The van der Waals surface area contributed by atoms with Crippen molar-refractivity contribution in [2.75, 3.05) is 7.11 Å². The Balaban J connectivity index is 1.53. The number of ketones is 1. The molecule has 0 amide bonds. The number of carbonyl (C=O) groups is 1. The summed E-state index contributed by atoms with van der Waals surface area (Å²) in [5.41, 5.74) is 1.19. The summed E-state index contributed by atoms with van der Waals surface area (Å²) in [4.78, 5) is 12.4. The van der Waals surface area contributed by atoms with Crippen LogP contribution >= 0.6 is 0 Å². The number of hydrogen-bond acceptors (Lipinski definition) is 5. The molecule has 0 radical (unpaired) electrons. The van der Waals surface area contributed by atoms with Crippen LogP contribution in [0, 0.1) is 23.7 Å². The summed E-state index contributed by atoms with van der Waals surface area (Å²) in [6.07, 6.45) is 9.50. The van der Waals surface area contributed by atoms with Gasteiger partial charge in [0.2, 0.25) is 5.78 Å². The van der Waals surface area contributed by atoms with Gasteiger partial charge in [0, 0.05) is 32.8 Å². The molecule has 2 fully saturated rings. The molecule has 38 heavy (non-hydrogen) atoms. The number of carbonyl (C=O) groups excluding carboxylic acids is 1. The quantitative estimate of drug-likeness (QED) is 0.164. The highest BCUT2D eigenvalue weighted by Crippen LogP contribution is 2.33. The number of methoxy groups -OCH3 is 1. The Morgan fingerprint density at radius 3 is 2.58 bits per heavy atom. The van der Waals surface area contributed by atoms with E-state index in [1.54, 1.807) is 7.11 Å². The fraction of sp³-hybridized carbons (Fsp3) is 0.667. The largest absolute Gasteiger partial charge is 0.381 e. The van der Waals surface area contributed by atoms with Gasteiger partial charge in [0.25, 0.3) is 0 Å². The zero-order chi connectivity index (χ0) is 27.3. The molecule has 0 aromatic heterocycles. The summed E-state index contributed by atoms with van der Waals surface area (Å²) in [6.45, 7) is 11.0. The van der Waals surface area contributed by atoms with Crippen LogP contribution < -0.4 is 0 Å². The maximum atomic E-state index is 12.4. The predicted molar refractivity (Wildman–Crippen MR) is 152 cm³/mol. The van der Waals surface area contributed by atoms with Crippen LogP contribution in [0.3, 0.4) is 0 Å². The topological polar surface area (TPSA) is 54.0 Å². The van der Waals surface area contributed by atoms with E-state index in [2.05, 4.69) is 51.3 Å². The minimum absolute atomic E-state index is 0.0161. The van der Waals surface area contributed by atoms with Crippen molar-refractivity contribution in [1.29, 1.82) is 0 Å². The summed E-state index contributed by atoms with van der Waals surface area (Å²) < 4.78 is 25.2. The van der Waals surface area contributed by atoms with Gasteiger partial charge < -0.3 is 18.9 Å². The first-order valence-electron chi connectivity index (χ1n) is 14.5. The van der Waals surface area contributed by atoms with Crippen LogP contribution in [-0.4, -0.2) is 49.5 Å². The molecule has 0 unspecified atom stereocenters. The molecule has 5 nitrogen and oxygen atoms in total. The Bertz CT molecular complexity index is 901. The second-order valence-electron chi connectivity index (χ2n) is 11.5. The van der Waals surface area contributed by atoms with Gasteiger partial charge in [-0.25, -0.2) is 0 Å². The predicted octanol–water partition coefficient (Wildman–Crippen LogP) is 6.68. The molecule has 1 aromatic carbocycles. The molecule has 0 spiro atoms. The van der Waals surface area contributed by atoms with Crippen LogP contribution in [0.15, 0.2) is 43.0 Å². The Hall–Kier alpha value is -1.97. The van der Waals surface area contributed by atoms with E-state index in [1.807, 2.05) is 24.3 Å². The van der Waals surface area contributed by atoms with Crippen molar-refractivity contribution in [3.63, 3.8) is 0 Å². The highest BCUT2D eigenvalue weighted by Gasteiger charge is 2.35. The van der Waals surface area contributed by atoms with Crippen LogP contribution in [0.2, 0.25) is 0 Å². The molecular weight excluding hydrogens is 476 g/mol. The number of ether oxygens (including phenoxy) is 4. The minimum Gasteiger partial charge on any atom is -0.381 e. The maximum Gasteiger partial charge on any atom is 0.208 e. The fourth-order valence-electron chi connectivity index (χ4n) is 5.45. The Kier molecular flexibility index (Phi) is 13.0. The monoisotopic (exact) mass is 524 g/mol. The van der Waals surface area contributed by atoms with Crippen LogP contribution in [-0.2, 0) is 30.3 Å². The molecule has 0 N–H and O–H groups in total. The van der Waals surface area contributed by atoms with E-state index in [1.165, 1.54) is 5.56 Å². The molecule has 1 aromatic rings. The third-order valence-electron chi connectivity index (χ3n) is 7.65. The zero-order valence-electron chi connectivity index (χ0n) is 23.9. The van der Waals surface area contributed by atoms with Crippen molar-refractivity contribution in [2.24, 2.45) is 11.8 Å². The average Bonchev–Trinajstić information content (AvgIpc) is 2.89. The van der Waals surface area contributed by atoms with Crippen molar-refractivity contribution in [1.82, 2.24) is 0 Å². The van der Waals surface area contributed by atoms with E-state index < -0.39 is 0 Å². The minimum atomic E-state index is -0.0618. The van der Waals surface area contributed by atoms with E-state index >= 15 is 0 Å². The first kappa shape index (κ1) is 30.6. The normalized spacial score (nSPS) is 28.3. The van der Waals surface area contributed by atoms with E-state index in [0.29, 0.717) is 24.9 Å². The van der Waals surface area contributed by atoms with Gasteiger partial charge in [-0.1, -0.05) is 63.1 Å². The number of hydrogen-bond donors (Lipinski definition) is 0. The van der Waals surface area contributed by atoms with Crippen molar-refractivity contribution >= 4 is 5.78 Å². The molecule has 2 aliphatic rings. The highest BCUT2D eigenvalue weighted by molar-refractivity contribution is 5.95. The second-order valence-corrected chi connectivity index (χ2v) is 11.5. The average molecular weight is 525 g/mol. The molecule has 0 saturated carbocycles. The molecule has 7 atom stereocenters. The maximum absolute atomic E-state index is 12.4. The molecule has 0 bridgehead atoms. The van der Waals surface area contributed by atoms with Gasteiger partial charge in [-0.05, 0) is 55.4 Å². The van der Waals surface area contributed by atoms with Crippen LogP contribution in [0.4, 0.5) is 0 Å². The molecule has 0 aliphatic carbocycles. The van der Waals surface area contributed by atoms with Gasteiger partial charge in [0.05, 0.1) is 43.2 Å². The summed E-state index contributed by atoms with van der Waals surface area (Å²) in [6, 6.07) is 10.3. The summed E-state index contributed by atoms with van der Waals surface area (Å²) in [5, 5.41) is 0. The molecule has 210 valence electrons. The lowest BCUT2D eigenvalue weighted by Crippen LogP contribution is -2.41. The fourth-order valence-corrected chi connectivity index (χ4v) is 5.45. The molecule has 5 heteroatoms. The number of benzene rings is 1. The Labute approximate surface area is 230 Å². The van der Waals surface area contributed by atoms with Gasteiger partial charge in [-0.3, -0.25) is 4.79 Å². The molecule has 2 saturated heterocycles. The second kappa shape index (κ2) is 16.2. The molecular formula is C33H48O5. The van der Waals surface area contributed by atoms with Crippen LogP contribution in [0.1, 0.15) is 84.1 Å². The number of rotatable bonds is 13. The van der Waals surface area contributed by atoms with Crippen molar-refractivity contribution in [2.45, 2.75) is 122 Å². The van der Waals surface area contributed by atoms with Gasteiger partial charge in [0.15, 0.2) is 0 Å². The first-order chi connectivity index (χ1) is 18.4. The van der Waals surface area contributed by atoms with Crippen molar-refractivity contribution in [3.05, 3.63) is 48.6 Å².